The molecule has 24 heavy (non-hydrogen) atoms. The molecular formula is C18H23N3O3. The van der Waals surface area contributed by atoms with Crippen molar-refractivity contribution in [1.29, 1.82) is 0 Å². The van der Waals surface area contributed by atoms with Gasteiger partial charge < -0.3 is 14.4 Å². The van der Waals surface area contributed by atoms with Crippen molar-refractivity contribution in [3.8, 4) is 22.8 Å². The van der Waals surface area contributed by atoms with Crippen LogP contribution in [0, 0.1) is 0 Å². The second kappa shape index (κ2) is 7.38. The monoisotopic (exact) mass is 329 g/mol. The number of benzene rings is 1. The molecule has 0 atom stereocenters. The van der Waals surface area contributed by atoms with Crippen molar-refractivity contribution in [3.63, 3.8) is 0 Å². The van der Waals surface area contributed by atoms with Gasteiger partial charge in [0.25, 0.3) is 5.91 Å². The number of methoxy groups -OCH3 is 2. The van der Waals surface area contributed by atoms with Crippen LogP contribution in [0.25, 0.3) is 11.3 Å². The summed E-state index contributed by atoms with van der Waals surface area (Å²) in [4.78, 5) is 14.6. The number of hydrogen-bond acceptors (Lipinski definition) is 4. The maximum absolute atomic E-state index is 12.7. The van der Waals surface area contributed by atoms with Crippen LogP contribution in [0.2, 0.25) is 0 Å². The van der Waals surface area contributed by atoms with E-state index in [1.165, 1.54) is 12.8 Å². The molecule has 1 amide bonds. The first-order valence-corrected chi connectivity index (χ1v) is 8.30. The average Bonchev–Trinajstić information content (AvgIpc) is 2.95. The standard InChI is InChI=1S/C18H23N3O3/c1-23-13-7-8-14(17(11-13)24-2)15-12-16(20-19-15)18(22)21-9-5-3-4-6-10-21/h7-8,11-12H,3-6,9-10H2,1-2H3,(H,19,20). The second-order valence-electron chi connectivity index (χ2n) is 5.94. The van der Waals surface area contributed by atoms with Gasteiger partial charge in [0.2, 0.25) is 0 Å². The van der Waals surface area contributed by atoms with E-state index in [-0.39, 0.29) is 5.91 Å². The molecule has 0 radical (unpaired) electrons. The van der Waals surface area contributed by atoms with E-state index >= 15 is 0 Å². The van der Waals surface area contributed by atoms with Gasteiger partial charge in [0, 0.05) is 24.7 Å². The SMILES string of the molecule is COc1ccc(-c2cc(C(=O)N3CCCCCC3)[nH]n2)c(OC)c1. The van der Waals surface area contributed by atoms with Gasteiger partial charge in [-0.15, -0.1) is 0 Å². The van der Waals surface area contributed by atoms with E-state index in [1.807, 2.05) is 17.0 Å². The topological polar surface area (TPSA) is 67.5 Å². The first-order valence-electron chi connectivity index (χ1n) is 8.30. The Morgan fingerprint density at radius 2 is 1.83 bits per heavy atom. The lowest BCUT2D eigenvalue weighted by Crippen LogP contribution is -2.32. The molecule has 1 N–H and O–H groups in total. The van der Waals surface area contributed by atoms with Crippen LogP contribution in [0.3, 0.4) is 0 Å². The van der Waals surface area contributed by atoms with Gasteiger partial charge in [0.05, 0.1) is 19.9 Å². The molecule has 1 saturated heterocycles. The summed E-state index contributed by atoms with van der Waals surface area (Å²) in [6.07, 6.45) is 4.53. The Labute approximate surface area is 141 Å². The third-order valence-corrected chi connectivity index (χ3v) is 4.39. The molecule has 0 spiro atoms. The molecule has 0 saturated carbocycles. The molecule has 2 heterocycles. The molecule has 0 aliphatic carbocycles. The Kier molecular flexibility index (Phi) is 5.03. The number of nitrogens with zero attached hydrogens (tertiary/aromatic N) is 2. The average molecular weight is 329 g/mol. The Hall–Kier alpha value is -2.50. The number of hydrogen-bond donors (Lipinski definition) is 1. The van der Waals surface area contributed by atoms with Crippen molar-refractivity contribution in [1.82, 2.24) is 15.1 Å². The Bertz CT molecular complexity index is 703. The fraction of sp³-hybridized carbons (Fsp3) is 0.444. The summed E-state index contributed by atoms with van der Waals surface area (Å²) < 4.78 is 10.6. The van der Waals surface area contributed by atoms with E-state index in [2.05, 4.69) is 10.2 Å². The van der Waals surface area contributed by atoms with Gasteiger partial charge in [-0.2, -0.15) is 5.10 Å². The molecule has 1 fully saturated rings. The predicted molar refractivity (Wildman–Crippen MR) is 91.5 cm³/mol. The van der Waals surface area contributed by atoms with Gasteiger partial charge in [-0.05, 0) is 31.0 Å². The number of H-pyrrole nitrogens is 1. The van der Waals surface area contributed by atoms with Crippen molar-refractivity contribution >= 4 is 5.91 Å². The van der Waals surface area contributed by atoms with E-state index in [4.69, 9.17) is 9.47 Å². The molecule has 1 aliphatic heterocycles. The molecule has 3 rings (SSSR count). The van der Waals surface area contributed by atoms with Crippen molar-refractivity contribution in [3.05, 3.63) is 30.0 Å². The van der Waals surface area contributed by atoms with Crippen LogP contribution in [0.1, 0.15) is 36.2 Å². The summed E-state index contributed by atoms with van der Waals surface area (Å²) in [7, 11) is 3.22. The quantitative estimate of drug-likeness (QED) is 0.936. The minimum absolute atomic E-state index is 0.0168. The lowest BCUT2D eigenvalue weighted by Gasteiger charge is -2.18. The number of likely N-dealkylation sites (tertiary alicyclic amines) is 1. The molecule has 128 valence electrons. The minimum Gasteiger partial charge on any atom is -0.497 e. The van der Waals surface area contributed by atoms with Gasteiger partial charge in [0.1, 0.15) is 17.2 Å². The van der Waals surface area contributed by atoms with Gasteiger partial charge in [-0.1, -0.05) is 12.8 Å². The molecule has 1 aliphatic rings. The van der Waals surface area contributed by atoms with Crippen molar-refractivity contribution in [2.24, 2.45) is 0 Å². The van der Waals surface area contributed by atoms with Crippen molar-refractivity contribution in [2.45, 2.75) is 25.7 Å². The van der Waals surface area contributed by atoms with Gasteiger partial charge in [0.15, 0.2) is 0 Å². The van der Waals surface area contributed by atoms with E-state index in [0.717, 1.165) is 31.5 Å². The van der Waals surface area contributed by atoms with E-state index < -0.39 is 0 Å². The number of rotatable bonds is 4. The number of aromatic nitrogens is 2. The van der Waals surface area contributed by atoms with E-state index in [0.29, 0.717) is 22.9 Å². The normalized spacial score (nSPS) is 15.0. The zero-order valence-electron chi connectivity index (χ0n) is 14.2. The zero-order valence-corrected chi connectivity index (χ0v) is 14.2. The second-order valence-corrected chi connectivity index (χ2v) is 5.94. The summed E-state index contributed by atoms with van der Waals surface area (Å²) in [5.41, 5.74) is 2.03. The molecule has 2 aromatic rings. The molecule has 0 bridgehead atoms. The third kappa shape index (κ3) is 3.37. The molecule has 6 heteroatoms. The Morgan fingerprint density at radius 1 is 1.08 bits per heavy atom. The highest BCUT2D eigenvalue weighted by atomic mass is 16.5. The molecule has 0 unspecified atom stereocenters. The number of carbonyl (C=O) groups excluding carboxylic acids is 1. The predicted octanol–water partition coefficient (Wildman–Crippen LogP) is 3.11. The third-order valence-electron chi connectivity index (χ3n) is 4.39. The minimum atomic E-state index is 0.0168. The fourth-order valence-corrected chi connectivity index (χ4v) is 3.02. The number of aromatic amines is 1. The highest BCUT2D eigenvalue weighted by molar-refractivity contribution is 5.93. The van der Waals surface area contributed by atoms with Crippen molar-refractivity contribution in [2.75, 3.05) is 27.3 Å². The Balaban J connectivity index is 1.83. The first kappa shape index (κ1) is 16.4. The summed E-state index contributed by atoms with van der Waals surface area (Å²) in [6, 6.07) is 7.33. The lowest BCUT2D eigenvalue weighted by molar-refractivity contribution is 0.0755. The summed E-state index contributed by atoms with van der Waals surface area (Å²) in [5, 5.41) is 7.17. The van der Waals surface area contributed by atoms with Crippen LogP contribution < -0.4 is 9.47 Å². The van der Waals surface area contributed by atoms with Gasteiger partial charge in [-0.3, -0.25) is 9.89 Å². The summed E-state index contributed by atoms with van der Waals surface area (Å²) in [6.45, 7) is 1.64. The van der Waals surface area contributed by atoms with Crippen LogP contribution in [-0.2, 0) is 0 Å². The molecule has 1 aromatic heterocycles. The number of nitrogens with one attached hydrogen (secondary N) is 1. The number of ether oxygens (including phenoxy) is 2. The van der Waals surface area contributed by atoms with E-state index in [1.54, 1.807) is 26.4 Å². The summed E-state index contributed by atoms with van der Waals surface area (Å²) in [5.74, 6) is 1.39. The van der Waals surface area contributed by atoms with Crippen LogP contribution in [0.15, 0.2) is 24.3 Å². The molecular weight excluding hydrogens is 306 g/mol. The van der Waals surface area contributed by atoms with E-state index in [9.17, 15) is 4.79 Å². The van der Waals surface area contributed by atoms with Crippen LogP contribution >= 0.6 is 0 Å². The highest BCUT2D eigenvalue weighted by Crippen LogP contribution is 2.32. The fourth-order valence-electron chi connectivity index (χ4n) is 3.02. The van der Waals surface area contributed by atoms with Crippen LogP contribution in [0.5, 0.6) is 11.5 Å². The molecule has 6 nitrogen and oxygen atoms in total. The first-order chi connectivity index (χ1) is 11.7. The lowest BCUT2D eigenvalue weighted by atomic mass is 10.1. The maximum atomic E-state index is 12.7. The van der Waals surface area contributed by atoms with Gasteiger partial charge in [-0.25, -0.2) is 0 Å². The number of amides is 1. The van der Waals surface area contributed by atoms with Crippen LogP contribution in [0.4, 0.5) is 0 Å². The Morgan fingerprint density at radius 3 is 2.50 bits per heavy atom. The molecule has 1 aromatic carbocycles. The maximum Gasteiger partial charge on any atom is 0.271 e. The summed E-state index contributed by atoms with van der Waals surface area (Å²) >= 11 is 0. The largest absolute Gasteiger partial charge is 0.497 e. The zero-order chi connectivity index (χ0) is 16.9. The smallest absolute Gasteiger partial charge is 0.271 e. The highest BCUT2D eigenvalue weighted by Gasteiger charge is 2.20. The number of carbonyl (C=O) groups is 1. The van der Waals surface area contributed by atoms with Crippen LogP contribution in [-0.4, -0.2) is 48.3 Å². The van der Waals surface area contributed by atoms with Crippen molar-refractivity contribution < 1.29 is 14.3 Å². The van der Waals surface area contributed by atoms with Gasteiger partial charge >= 0.3 is 0 Å².